The maximum atomic E-state index is 4.36. The highest BCUT2D eigenvalue weighted by atomic mass is 32.2. The van der Waals surface area contributed by atoms with Crippen molar-refractivity contribution < 1.29 is 0 Å². The lowest BCUT2D eigenvalue weighted by Crippen LogP contribution is -2.30. The number of thioether (sulfide) groups is 1. The third kappa shape index (κ3) is 5.59. The zero-order valence-corrected chi connectivity index (χ0v) is 12.5. The number of hydrogen-bond donors (Lipinski definition) is 1. The molecule has 1 unspecified atom stereocenters. The SMILES string of the molecule is CNC(CCc1nccn1C)CSC(C)(C)C. The molecule has 0 aliphatic heterocycles. The van der Waals surface area contributed by atoms with Crippen molar-refractivity contribution in [2.24, 2.45) is 7.05 Å². The minimum Gasteiger partial charge on any atom is -0.338 e. The Morgan fingerprint density at radius 3 is 2.65 bits per heavy atom. The molecule has 1 aromatic rings. The van der Waals surface area contributed by atoms with Gasteiger partial charge in [0, 0.05) is 42.4 Å². The van der Waals surface area contributed by atoms with E-state index in [-0.39, 0.29) is 0 Å². The summed E-state index contributed by atoms with van der Waals surface area (Å²) >= 11 is 2.02. The van der Waals surface area contributed by atoms with Crippen LogP contribution in [0.2, 0.25) is 0 Å². The third-order valence-corrected chi connectivity index (χ3v) is 4.20. The summed E-state index contributed by atoms with van der Waals surface area (Å²) in [4.78, 5) is 4.36. The second-order valence-corrected chi connectivity index (χ2v) is 7.25. The summed E-state index contributed by atoms with van der Waals surface area (Å²) in [5.41, 5.74) is 0. The zero-order valence-electron chi connectivity index (χ0n) is 11.7. The van der Waals surface area contributed by atoms with Gasteiger partial charge in [-0.3, -0.25) is 0 Å². The average Bonchev–Trinajstić information content (AvgIpc) is 2.63. The van der Waals surface area contributed by atoms with Gasteiger partial charge in [0.2, 0.25) is 0 Å². The largest absolute Gasteiger partial charge is 0.338 e. The number of nitrogens with one attached hydrogen (secondary N) is 1. The van der Waals surface area contributed by atoms with E-state index in [1.54, 1.807) is 0 Å². The van der Waals surface area contributed by atoms with E-state index in [4.69, 9.17) is 0 Å². The van der Waals surface area contributed by atoms with E-state index < -0.39 is 0 Å². The topological polar surface area (TPSA) is 29.9 Å². The summed E-state index contributed by atoms with van der Waals surface area (Å²) in [7, 11) is 4.10. The van der Waals surface area contributed by atoms with Gasteiger partial charge in [-0.15, -0.1) is 0 Å². The molecule has 1 aromatic heterocycles. The fourth-order valence-electron chi connectivity index (χ4n) is 1.60. The predicted octanol–water partition coefficient (Wildman–Crippen LogP) is 2.47. The Morgan fingerprint density at radius 2 is 2.18 bits per heavy atom. The Labute approximate surface area is 109 Å². The van der Waals surface area contributed by atoms with Gasteiger partial charge in [0.25, 0.3) is 0 Å². The minimum absolute atomic E-state index is 0.346. The van der Waals surface area contributed by atoms with E-state index in [2.05, 4.69) is 42.7 Å². The smallest absolute Gasteiger partial charge is 0.108 e. The molecule has 0 radical (unpaired) electrons. The molecule has 0 amide bonds. The maximum absolute atomic E-state index is 4.36. The zero-order chi connectivity index (χ0) is 12.9. The molecule has 0 aliphatic rings. The van der Waals surface area contributed by atoms with Crippen LogP contribution in [0, 0.1) is 0 Å². The fraction of sp³-hybridized carbons (Fsp3) is 0.769. The number of rotatable bonds is 6. The number of aryl methyl sites for hydroxylation is 2. The Bertz CT molecular complexity index is 328. The molecule has 0 fully saturated rings. The standard InChI is InChI=1S/C13H25N3S/c1-13(2,3)17-10-11(14-4)6-7-12-15-8-9-16(12)5/h8-9,11,14H,6-7,10H2,1-5H3. The van der Waals surface area contributed by atoms with Gasteiger partial charge in [-0.1, -0.05) is 20.8 Å². The molecule has 0 saturated carbocycles. The average molecular weight is 255 g/mol. The molecular formula is C13H25N3S. The van der Waals surface area contributed by atoms with Gasteiger partial charge in [0.15, 0.2) is 0 Å². The summed E-state index contributed by atoms with van der Waals surface area (Å²) in [5.74, 6) is 2.33. The highest BCUT2D eigenvalue weighted by Gasteiger charge is 2.15. The molecule has 0 saturated heterocycles. The molecular weight excluding hydrogens is 230 g/mol. The van der Waals surface area contributed by atoms with Crippen LogP contribution >= 0.6 is 11.8 Å². The first-order chi connectivity index (χ1) is 7.92. The molecule has 1 rings (SSSR count). The van der Waals surface area contributed by atoms with Crippen molar-refractivity contribution in [3.63, 3.8) is 0 Å². The normalized spacial score (nSPS) is 13.9. The Balaban J connectivity index is 2.35. The van der Waals surface area contributed by atoms with E-state index in [9.17, 15) is 0 Å². The number of nitrogens with zero attached hydrogens (tertiary/aromatic N) is 2. The number of hydrogen-bond acceptors (Lipinski definition) is 3. The van der Waals surface area contributed by atoms with E-state index in [0.717, 1.165) is 18.6 Å². The van der Waals surface area contributed by atoms with Crippen LogP contribution in [0.5, 0.6) is 0 Å². The van der Waals surface area contributed by atoms with Crippen molar-refractivity contribution in [1.29, 1.82) is 0 Å². The van der Waals surface area contributed by atoms with Crippen LogP contribution < -0.4 is 5.32 Å². The fourth-order valence-corrected chi connectivity index (χ4v) is 2.64. The highest BCUT2D eigenvalue weighted by molar-refractivity contribution is 8.00. The lowest BCUT2D eigenvalue weighted by atomic mass is 10.2. The van der Waals surface area contributed by atoms with Crippen LogP contribution in [0.1, 0.15) is 33.0 Å². The van der Waals surface area contributed by atoms with Gasteiger partial charge < -0.3 is 9.88 Å². The van der Waals surface area contributed by atoms with Crippen molar-refractivity contribution in [1.82, 2.24) is 14.9 Å². The van der Waals surface area contributed by atoms with Crippen LogP contribution in [0.25, 0.3) is 0 Å². The van der Waals surface area contributed by atoms with Gasteiger partial charge in [0.05, 0.1) is 0 Å². The van der Waals surface area contributed by atoms with E-state index in [1.807, 2.05) is 31.2 Å². The molecule has 3 nitrogen and oxygen atoms in total. The quantitative estimate of drug-likeness (QED) is 0.847. The Kier molecular flexibility index (Phi) is 5.53. The summed E-state index contributed by atoms with van der Waals surface area (Å²) in [6.45, 7) is 6.80. The molecule has 0 aromatic carbocycles. The maximum Gasteiger partial charge on any atom is 0.108 e. The molecule has 1 atom stereocenters. The van der Waals surface area contributed by atoms with E-state index >= 15 is 0 Å². The molecule has 98 valence electrons. The highest BCUT2D eigenvalue weighted by Crippen LogP contribution is 2.24. The monoisotopic (exact) mass is 255 g/mol. The molecule has 0 aliphatic carbocycles. The summed E-state index contributed by atoms with van der Waals surface area (Å²) in [6.07, 6.45) is 6.06. The minimum atomic E-state index is 0.346. The van der Waals surface area contributed by atoms with Crippen molar-refractivity contribution >= 4 is 11.8 Å². The number of aromatic nitrogens is 2. The first-order valence-electron chi connectivity index (χ1n) is 6.20. The van der Waals surface area contributed by atoms with Gasteiger partial charge >= 0.3 is 0 Å². The molecule has 1 N–H and O–H groups in total. The first kappa shape index (κ1) is 14.6. The van der Waals surface area contributed by atoms with Gasteiger partial charge in [-0.2, -0.15) is 11.8 Å². The molecule has 0 spiro atoms. The van der Waals surface area contributed by atoms with Crippen LogP contribution in [0.15, 0.2) is 12.4 Å². The van der Waals surface area contributed by atoms with Crippen molar-refractivity contribution in [3.05, 3.63) is 18.2 Å². The second kappa shape index (κ2) is 6.45. The lowest BCUT2D eigenvalue weighted by Gasteiger charge is -2.22. The van der Waals surface area contributed by atoms with Crippen LogP contribution in [0.4, 0.5) is 0 Å². The molecule has 4 heteroatoms. The summed E-state index contributed by atoms with van der Waals surface area (Å²) in [6, 6.07) is 0.566. The Hall–Kier alpha value is -0.480. The summed E-state index contributed by atoms with van der Waals surface area (Å²) in [5, 5.41) is 3.40. The predicted molar refractivity (Wildman–Crippen MR) is 76.6 cm³/mol. The van der Waals surface area contributed by atoms with Gasteiger partial charge in [-0.25, -0.2) is 4.98 Å². The molecule has 17 heavy (non-hydrogen) atoms. The van der Waals surface area contributed by atoms with Gasteiger partial charge in [-0.05, 0) is 13.5 Å². The second-order valence-electron chi connectivity index (χ2n) is 5.40. The van der Waals surface area contributed by atoms with Crippen molar-refractivity contribution in [3.8, 4) is 0 Å². The van der Waals surface area contributed by atoms with E-state index in [1.165, 1.54) is 5.82 Å². The van der Waals surface area contributed by atoms with Gasteiger partial charge in [0.1, 0.15) is 5.82 Å². The molecule has 1 heterocycles. The lowest BCUT2D eigenvalue weighted by molar-refractivity contribution is 0.555. The first-order valence-corrected chi connectivity index (χ1v) is 7.18. The van der Waals surface area contributed by atoms with Crippen LogP contribution in [-0.2, 0) is 13.5 Å². The Morgan fingerprint density at radius 1 is 1.47 bits per heavy atom. The van der Waals surface area contributed by atoms with Crippen molar-refractivity contribution in [2.45, 2.75) is 44.4 Å². The van der Waals surface area contributed by atoms with Crippen molar-refractivity contribution in [2.75, 3.05) is 12.8 Å². The summed E-state index contributed by atoms with van der Waals surface area (Å²) < 4.78 is 2.45. The van der Waals surface area contributed by atoms with Crippen LogP contribution in [0.3, 0.4) is 0 Å². The third-order valence-electron chi connectivity index (χ3n) is 2.76. The molecule has 0 bridgehead atoms. The van der Waals surface area contributed by atoms with Crippen LogP contribution in [-0.4, -0.2) is 33.1 Å². The van der Waals surface area contributed by atoms with E-state index in [0.29, 0.717) is 10.8 Å². The number of imidazole rings is 1.